The lowest BCUT2D eigenvalue weighted by Gasteiger charge is -2.36. The lowest BCUT2D eigenvalue weighted by atomic mass is 9.89. The number of carbonyl (C=O) groups is 5. The van der Waals surface area contributed by atoms with E-state index in [4.69, 9.17) is 9.72 Å². The van der Waals surface area contributed by atoms with Gasteiger partial charge in [-0.3, -0.25) is 29.0 Å². The van der Waals surface area contributed by atoms with Gasteiger partial charge in [-0.05, 0) is 76.5 Å². The Balaban J connectivity index is 1.49. The van der Waals surface area contributed by atoms with Crippen molar-refractivity contribution in [1.82, 2.24) is 31.0 Å². The summed E-state index contributed by atoms with van der Waals surface area (Å²) in [6.45, 7) is 10.4. The van der Waals surface area contributed by atoms with Gasteiger partial charge in [-0.2, -0.15) is 0 Å². The highest BCUT2D eigenvalue weighted by molar-refractivity contribution is 5.96. The molecule has 12 heteroatoms. The monoisotopic (exact) mass is 660 g/mol. The Morgan fingerprint density at radius 1 is 1.00 bits per heavy atom. The summed E-state index contributed by atoms with van der Waals surface area (Å²) < 4.78 is 5.83. The molecule has 48 heavy (non-hydrogen) atoms. The number of fused-ring (bicyclic) bond motifs is 4. The normalized spacial score (nSPS) is 26.5. The van der Waals surface area contributed by atoms with Crippen molar-refractivity contribution in [2.24, 2.45) is 11.3 Å². The molecule has 2 fully saturated rings. The van der Waals surface area contributed by atoms with Gasteiger partial charge < -0.3 is 20.3 Å². The van der Waals surface area contributed by atoms with Crippen LogP contribution in [-0.2, 0) is 28.7 Å². The molecule has 4 heterocycles. The number of rotatable bonds is 3. The number of hydrogen-bond donors (Lipinski definition) is 3. The predicted molar refractivity (Wildman–Crippen MR) is 181 cm³/mol. The molecule has 0 radical (unpaired) electrons. The number of benzene rings is 1. The smallest absolute Gasteiger partial charge is 0.325 e. The zero-order valence-corrected chi connectivity index (χ0v) is 28.6. The Bertz CT molecular complexity index is 1580. The summed E-state index contributed by atoms with van der Waals surface area (Å²) in [6, 6.07) is 6.52. The number of hydrogen-bond acceptors (Lipinski definition) is 8. The predicted octanol–water partition coefficient (Wildman–Crippen LogP) is 3.42. The van der Waals surface area contributed by atoms with Gasteiger partial charge in [0.05, 0.1) is 23.0 Å². The Morgan fingerprint density at radius 3 is 2.46 bits per heavy atom. The van der Waals surface area contributed by atoms with Crippen LogP contribution >= 0.6 is 0 Å². The molecular weight excluding hydrogens is 612 g/mol. The molecule has 5 rings (SSSR count). The molecule has 12 nitrogen and oxygen atoms in total. The topological polar surface area (TPSA) is 150 Å². The van der Waals surface area contributed by atoms with Gasteiger partial charge in [0, 0.05) is 25.0 Å². The van der Waals surface area contributed by atoms with Gasteiger partial charge >= 0.3 is 5.97 Å². The maximum absolute atomic E-state index is 14.0. The number of hydrazine groups is 1. The van der Waals surface area contributed by atoms with Crippen LogP contribution in [0.15, 0.2) is 36.4 Å². The van der Waals surface area contributed by atoms with Crippen molar-refractivity contribution in [3.8, 4) is 0 Å². The fraction of sp³-hybridized carbons (Fsp3) is 0.556. The summed E-state index contributed by atoms with van der Waals surface area (Å²) in [5.74, 6) is -2.54. The van der Waals surface area contributed by atoms with Crippen molar-refractivity contribution in [3.05, 3.63) is 47.7 Å². The van der Waals surface area contributed by atoms with Gasteiger partial charge in [0.1, 0.15) is 24.2 Å². The summed E-state index contributed by atoms with van der Waals surface area (Å²) in [7, 11) is 0. The van der Waals surface area contributed by atoms with Crippen LogP contribution in [0.4, 0.5) is 0 Å². The first-order valence-electron chi connectivity index (χ1n) is 17.1. The summed E-state index contributed by atoms with van der Waals surface area (Å²) in [5.41, 5.74) is 4.11. The molecule has 5 bridgehead atoms. The van der Waals surface area contributed by atoms with E-state index in [1.165, 1.54) is 5.01 Å². The number of amides is 4. The summed E-state index contributed by atoms with van der Waals surface area (Å²) in [6.07, 6.45) is 6.47. The van der Waals surface area contributed by atoms with Gasteiger partial charge in [0.15, 0.2) is 0 Å². The third-order valence-corrected chi connectivity index (χ3v) is 9.40. The van der Waals surface area contributed by atoms with Gasteiger partial charge in [0.25, 0.3) is 5.91 Å². The van der Waals surface area contributed by atoms with E-state index in [0.717, 1.165) is 30.2 Å². The molecule has 2 aromatic rings. The molecule has 3 N–H and O–H groups in total. The maximum Gasteiger partial charge on any atom is 0.325 e. The highest BCUT2D eigenvalue weighted by atomic mass is 16.5. The SMILES string of the molecule is CC1OC(=O)[C@@H]2CCCN(N2)C(=O)[C@H](CC(=O)N2CCCCC2)NC(=O)[C@H](C(C)C)NC(=O)C(C)(C)/C=C/c2ccc3ccc1nc3c2. The Hall–Kier alpha value is -4.32. The first-order valence-corrected chi connectivity index (χ1v) is 17.1. The number of nitrogens with zero attached hydrogens (tertiary/aromatic N) is 3. The van der Waals surface area contributed by atoms with Crippen LogP contribution in [0, 0.1) is 11.3 Å². The second-order valence-electron chi connectivity index (χ2n) is 14.0. The van der Waals surface area contributed by atoms with Gasteiger partial charge in [-0.15, -0.1) is 0 Å². The zero-order chi connectivity index (χ0) is 34.6. The number of esters is 1. The average molecular weight is 661 g/mol. The number of ether oxygens (including phenoxy) is 1. The van der Waals surface area contributed by atoms with E-state index in [2.05, 4.69) is 16.1 Å². The van der Waals surface area contributed by atoms with Crippen LogP contribution in [0.5, 0.6) is 0 Å². The van der Waals surface area contributed by atoms with Crippen molar-refractivity contribution in [2.45, 2.75) is 97.4 Å². The van der Waals surface area contributed by atoms with Crippen molar-refractivity contribution in [2.75, 3.05) is 19.6 Å². The lowest BCUT2D eigenvalue weighted by molar-refractivity contribution is -0.157. The molecule has 0 aliphatic carbocycles. The van der Waals surface area contributed by atoms with Gasteiger partial charge in [0.2, 0.25) is 17.7 Å². The largest absolute Gasteiger partial charge is 0.455 e. The third-order valence-electron chi connectivity index (χ3n) is 9.40. The second kappa shape index (κ2) is 14.8. The number of likely N-dealkylation sites (tertiary alicyclic amines) is 1. The third kappa shape index (κ3) is 8.21. The first kappa shape index (κ1) is 35.0. The van der Waals surface area contributed by atoms with E-state index in [1.54, 1.807) is 31.7 Å². The lowest BCUT2D eigenvalue weighted by Crippen LogP contribution is -2.62. The molecular formula is C36H48N6O6. The molecule has 2 saturated heterocycles. The van der Waals surface area contributed by atoms with Crippen LogP contribution in [-0.4, -0.2) is 82.3 Å². The minimum absolute atomic E-state index is 0.231. The fourth-order valence-electron chi connectivity index (χ4n) is 6.25. The van der Waals surface area contributed by atoms with Crippen LogP contribution in [0.2, 0.25) is 0 Å². The fourth-order valence-corrected chi connectivity index (χ4v) is 6.25. The second-order valence-corrected chi connectivity index (χ2v) is 14.0. The van der Waals surface area contributed by atoms with E-state index < -0.39 is 47.4 Å². The van der Waals surface area contributed by atoms with Crippen LogP contribution in [0.1, 0.15) is 90.5 Å². The molecule has 258 valence electrons. The molecule has 1 aromatic heterocycles. The Labute approximate surface area is 282 Å². The molecule has 1 aromatic carbocycles. The minimum atomic E-state index is -1.21. The molecule has 3 aliphatic heterocycles. The number of piperidine rings is 1. The van der Waals surface area contributed by atoms with Gasteiger partial charge in [-0.25, -0.2) is 10.4 Å². The van der Waals surface area contributed by atoms with E-state index in [9.17, 15) is 24.0 Å². The Morgan fingerprint density at radius 2 is 1.73 bits per heavy atom. The van der Waals surface area contributed by atoms with Crippen LogP contribution in [0.25, 0.3) is 17.0 Å². The first-order chi connectivity index (χ1) is 22.8. The van der Waals surface area contributed by atoms with Crippen LogP contribution in [0.3, 0.4) is 0 Å². The van der Waals surface area contributed by atoms with E-state index >= 15 is 0 Å². The molecule has 1 unspecified atom stereocenters. The van der Waals surface area contributed by atoms with Crippen molar-refractivity contribution < 1.29 is 28.7 Å². The number of carbonyl (C=O) groups excluding carboxylic acids is 5. The van der Waals surface area contributed by atoms with Crippen LogP contribution < -0.4 is 16.1 Å². The molecule has 0 saturated carbocycles. The number of cyclic esters (lactones) is 1. The summed E-state index contributed by atoms with van der Waals surface area (Å²) in [5, 5.41) is 7.91. The van der Waals surface area contributed by atoms with Crippen molar-refractivity contribution >= 4 is 46.6 Å². The molecule has 0 spiro atoms. The highest BCUT2D eigenvalue weighted by Crippen LogP contribution is 2.25. The molecule has 4 amide bonds. The average Bonchev–Trinajstić information content (AvgIpc) is 3.08. The minimum Gasteiger partial charge on any atom is -0.455 e. The van der Waals surface area contributed by atoms with Crippen molar-refractivity contribution in [1.29, 1.82) is 0 Å². The quantitative estimate of drug-likeness (QED) is 0.424. The van der Waals surface area contributed by atoms with E-state index in [-0.39, 0.29) is 30.7 Å². The molecule has 4 atom stereocenters. The van der Waals surface area contributed by atoms with Gasteiger partial charge in [-0.1, -0.05) is 44.2 Å². The number of nitrogens with one attached hydrogen (secondary N) is 3. The zero-order valence-electron chi connectivity index (χ0n) is 28.6. The van der Waals surface area contributed by atoms with E-state index in [0.29, 0.717) is 37.1 Å². The van der Waals surface area contributed by atoms with Crippen molar-refractivity contribution in [3.63, 3.8) is 0 Å². The number of aromatic nitrogens is 1. The highest BCUT2D eigenvalue weighted by Gasteiger charge is 2.38. The standard InChI is InChI=1S/C36H48N6O6/c1-22(2)31-32(44)38-29(21-30(43)41-17-7-6-8-18-41)33(45)42-19-9-10-27(40-42)34(46)48-23(3)26-14-13-25-12-11-24(20-28(25)37-26)15-16-36(4,5)35(47)39-31/h11-16,20,22-23,27,29,31,40H,6-10,17-19,21H2,1-5H3,(H,38,44)(H,39,47)/b16-15+/t23?,27-,29-,31-/m0/s1. The summed E-state index contributed by atoms with van der Waals surface area (Å²) in [4.78, 5) is 74.7. The molecule has 3 aliphatic rings. The van der Waals surface area contributed by atoms with E-state index in [1.807, 2.05) is 50.3 Å². The number of pyridine rings is 1. The Kier molecular flexibility index (Phi) is 10.8. The maximum atomic E-state index is 14.0. The summed E-state index contributed by atoms with van der Waals surface area (Å²) >= 11 is 0.